The van der Waals surface area contributed by atoms with Gasteiger partial charge in [-0.05, 0) is 18.6 Å². The molecule has 0 amide bonds. The van der Waals surface area contributed by atoms with E-state index >= 15 is 0 Å². The van der Waals surface area contributed by atoms with Crippen LogP contribution >= 0.6 is 11.6 Å². The molecular formula is C14H16ClFN4. The number of hydrogen-bond acceptors (Lipinski definition) is 4. The molecule has 1 N–H and O–H groups in total. The fraction of sp³-hybridized carbons (Fsp3) is 0.286. The van der Waals surface area contributed by atoms with E-state index in [2.05, 4.69) is 22.2 Å². The third kappa shape index (κ3) is 3.17. The molecule has 0 aliphatic carbocycles. The van der Waals surface area contributed by atoms with Crippen LogP contribution in [0.4, 0.5) is 21.8 Å². The summed E-state index contributed by atoms with van der Waals surface area (Å²) in [5, 5.41) is 3.45. The highest BCUT2D eigenvalue weighted by Gasteiger charge is 2.14. The van der Waals surface area contributed by atoms with Gasteiger partial charge in [0.25, 0.3) is 0 Å². The summed E-state index contributed by atoms with van der Waals surface area (Å²) in [5.41, 5.74) is 0.412. The van der Waals surface area contributed by atoms with E-state index in [9.17, 15) is 4.39 Å². The van der Waals surface area contributed by atoms with Crippen LogP contribution in [0.3, 0.4) is 0 Å². The maximum atomic E-state index is 13.8. The summed E-state index contributed by atoms with van der Waals surface area (Å²) in [6.45, 7) is 2.82. The zero-order valence-electron chi connectivity index (χ0n) is 11.4. The minimum atomic E-state index is -0.326. The van der Waals surface area contributed by atoms with Gasteiger partial charge in [-0.1, -0.05) is 30.7 Å². The van der Waals surface area contributed by atoms with E-state index in [0.717, 1.165) is 13.0 Å². The smallest absolute Gasteiger partial charge is 0.224 e. The molecular weight excluding hydrogens is 279 g/mol. The Balaban J connectivity index is 2.33. The van der Waals surface area contributed by atoms with Crippen molar-refractivity contribution in [1.82, 2.24) is 9.97 Å². The molecule has 0 bridgehead atoms. The molecule has 20 heavy (non-hydrogen) atoms. The molecule has 1 aromatic heterocycles. The maximum Gasteiger partial charge on any atom is 0.224 e. The molecule has 1 heterocycles. The molecule has 2 rings (SSSR count). The number of rotatable bonds is 5. The van der Waals surface area contributed by atoms with Crippen molar-refractivity contribution < 1.29 is 4.39 Å². The molecule has 0 atom stereocenters. The predicted octanol–water partition coefficient (Wildman–Crippen LogP) is 3.86. The molecule has 0 spiro atoms. The van der Waals surface area contributed by atoms with Gasteiger partial charge in [0.15, 0.2) is 5.82 Å². The lowest BCUT2D eigenvalue weighted by molar-refractivity contribution is 0.627. The minimum Gasteiger partial charge on any atom is -0.354 e. The SMILES string of the molecule is CCCNc1ncc(Cl)c(N(C)c2ccccc2F)n1. The molecule has 0 saturated carbocycles. The normalized spacial score (nSPS) is 10.4. The fourth-order valence-corrected chi connectivity index (χ4v) is 1.97. The zero-order chi connectivity index (χ0) is 14.5. The Bertz CT molecular complexity index is 591. The lowest BCUT2D eigenvalue weighted by atomic mass is 10.3. The van der Waals surface area contributed by atoms with Crippen molar-refractivity contribution in [1.29, 1.82) is 0 Å². The molecule has 6 heteroatoms. The number of nitrogens with one attached hydrogen (secondary N) is 1. The third-order valence-corrected chi connectivity index (χ3v) is 3.06. The molecule has 106 valence electrons. The van der Waals surface area contributed by atoms with Crippen LogP contribution in [0.5, 0.6) is 0 Å². The number of hydrogen-bond donors (Lipinski definition) is 1. The zero-order valence-corrected chi connectivity index (χ0v) is 12.2. The van der Waals surface area contributed by atoms with E-state index in [1.165, 1.54) is 12.3 Å². The Morgan fingerprint density at radius 3 is 2.80 bits per heavy atom. The molecule has 0 unspecified atom stereocenters. The highest BCUT2D eigenvalue weighted by Crippen LogP contribution is 2.30. The monoisotopic (exact) mass is 294 g/mol. The van der Waals surface area contributed by atoms with Crippen molar-refractivity contribution >= 4 is 29.1 Å². The second-order valence-electron chi connectivity index (χ2n) is 4.30. The molecule has 0 fully saturated rings. The van der Waals surface area contributed by atoms with Gasteiger partial charge in [-0.25, -0.2) is 9.37 Å². The van der Waals surface area contributed by atoms with Crippen LogP contribution in [-0.4, -0.2) is 23.6 Å². The molecule has 4 nitrogen and oxygen atoms in total. The molecule has 0 aliphatic rings. The lowest BCUT2D eigenvalue weighted by Gasteiger charge is -2.20. The number of para-hydroxylation sites is 1. The van der Waals surface area contributed by atoms with Gasteiger partial charge in [-0.2, -0.15) is 4.98 Å². The van der Waals surface area contributed by atoms with Crippen LogP contribution in [0.25, 0.3) is 0 Å². The highest BCUT2D eigenvalue weighted by molar-refractivity contribution is 6.33. The summed E-state index contributed by atoms with van der Waals surface area (Å²) in [6.07, 6.45) is 2.48. The van der Waals surface area contributed by atoms with Crippen molar-refractivity contribution in [3.05, 3.63) is 41.3 Å². The number of benzene rings is 1. The van der Waals surface area contributed by atoms with Crippen LogP contribution in [-0.2, 0) is 0 Å². The van der Waals surface area contributed by atoms with Crippen molar-refractivity contribution in [3.63, 3.8) is 0 Å². The van der Waals surface area contributed by atoms with Crippen molar-refractivity contribution in [2.45, 2.75) is 13.3 Å². The second-order valence-corrected chi connectivity index (χ2v) is 4.71. The first-order chi connectivity index (χ1) is 9.63. The second kappa shape index (κ2) is 6.52. The van der Waals surface area contributed by atoms with Gasteiger partial charge in [0.1, 0.15) is 10.8 Å². The maximum absolute atomic E-state index is 13.8. The summed E-state index contributed by atoms with van der Waals surface area (Å²) in [7, 11) is 1.72. The van der Waals surface area contributed by atoms with Crippen molar-refractivity contribution in [2.24, 2.45) is 0 Å². The van der Waals surface area contributed by atoms with Gasteiger partial charge in [-0.3, -0.25) is 0 Å². The van der Waals surface area contributed by atoms with Gasteiger partial charge in [0.2, 0.25) is 5.95 Å². The van der Waals surface area contributed by atoms with E-state index in [-0.39, 0.29) is 5.82 Å². The van der Waals surface area contributed by atoms with E-state index in [0.29, 0.717) is 22.5 Å². The van der Waals surface area contributed by atoms with E-state index < -0.39 is 0 Å². The van der Waals surface area contributed by atoms with Gasteiger partial charge >= 0.3 is 0 Å². The Hall–Kier alpha value is -1.88. The van der Waals surface area contributed by atoms with Crippen LogP contribution in [0.2, 0.25) is 5.02 Å². The number of nitrogens with zero attached hydrogens (tertiary/aromatic N) is 3. The quantitative estimate of drug-likeness (QED) is 0.909. The number of aromatic nitrogens is 2. The predicted molar refractivity (Wildman–Crippen MR) is 80.3 cm³/mol. The number of halogens is 2. The molecule has 0 saturated heterocycles. The van der Waals surface area contributed by atoms with Crippen LogP contribution < -0.4 is 10.2 Å². The number of anilines is 3. The average molecular weight is 295 g/mol. The van der Waals surface area contributed by atoms with Crippen LogP contribution in [0.15, 0.2) is 30.5 Å². The van der Waals surface area contributed by atoms with E-state index in [4.69, 9.17) is 11.6 Å². The van der Waals surface area contributed by atoms with Gasteiger partial charge in [0.05, 0.1) is 11.9 Å². The van der Waals surface area contributed by atoms with Gasteiger partial charge < -0.3 is 10.2 Å². The van der Waals surface area contributed by atoms with Crippen LogP contribution in [0, 0.1) is 5.82 Å². The first-order valence-electron chi connectivity index (χ1n) is 6.38. The molecule has 0 aliphatic heterocycles. The molecule has 2 aromatic rings. The highest BCUT2D eigenvalue weighted by atomic mass is 35.5. The van der Waals surface area contributed by atoms with Gasteiger partial charge in [0, 0.05) is 13.6 Å². The summed E-state index contributed by atoms with van der Waals surface area (Å²) < 4.78 is 13.8. The lowest BCUT2D eigenvalue weighted by Crippen LogP contribution is -2.15. The Labute approximate surface area is 122 Å². The van der Waals surface area contributed by atoms with Crippen LogP contribution in [0.1, 0.15) is 13.3 Å². The average Bonchev–Trinajstić information content (AvgIpc) is 2.46. The largest absolute Gasteiger partial charge is 0.354 e. The fourth-order valence-electron chi connectivity index (χ4n) is 1.75. The first-order valence-corrected chi connectivity index (χ1v) is 6.76. The summed E-state index contributed by atoms with van der Waals surface area (Å²) >= 11 is 6.11. The van der Waals surface area contributed by atoms with Crippen molar-refractivity contribution in [3.8, 4) is 0 Å². The molecule has 0 radical (unpaired) electrons. The summed E-state index contributed by atoms with van der Waals surface area (Å²) in [5.74, 6) is 0.618. The van der Waals surface area contributed by atoms with E-state index in [1.54, 1.807) is 30.1 Å². The standard InChI is InChI=1S/C14H16ClFN4/c1-3-8-17-14-18-9-10(15)13(19-14)20(2)12-7-5-4-6-11(12)16/h4-7,9H,3,8H2,1-2H3,(H,17,18,19). The summed E-state index contributed by atoms with van der Waals surface area (Å²) in [4.78, 5) is 10.0. The Morgan fingerprint density at radius 1 is 1.35 bits per heavy atom. The van der Waals surface area contributed by atoms with Gasteiger partial charge in [-0.15, -0.1) is 0 Å². The Kier molecular flexibility index (Phi) is 4.74. The molecule has 1 aromatic carbocycles. The van der Waals surface area contributed by atoms with Crippen molar-refractivity contribution in [2.75, 3.05) is 23.8 Å². The topological polar surface area (TPSA) is 41.1 Å². The first kappa shape index (κ1) is 14.5. The minimum absolute atomic E-state index is 0.326. The summed E-state index contributed by atoms with van der Waals surface area (Å²) in [6, 6.07) is 6.48. The third-order valence-electron chi connectivity index (χ3n) is 2.79. The Morgan fingerprint density at radius 2 is 2.10 bits per heavy atom. The van der Waals surface area contributed by atoms with E-state index in [1.807, 2.05) is 0 Å².